The number of fused-ring (bicyclic) bond motifs is 1. The van der Waals surface area contributed by atoms with Crippen molar-refractivity contribution in [2.45, 2.75) is 6.61 Å². The second kappa shape index (κ2) is 6.04. The maximum atomic E-state index is 13.0. The highest BCUT2D eigenvalue weighted by Gasteiger charge is 2.13. The Kier molecular flexibility index (Phi) is 3.59. The minimum Gasteiger partial charge on any atom is -0.469 e. The molecule has 4 aromatic rings. The maximum Gasteiger partial charge on any atom is 0.261 e. The molecular weight excluding hydrogens is 311 g/mol. The van der Waals surface area contributed by atoms with Crippen molar-refractivity contribution in [3.8, 4) is 17.1 Å². The highest BCUT2D eigenvalue weighted by molar-refractivity contribution is 5.89. The summed E-state index contributed by atoms with van der Waals surface area (Å²) in [4.78, 5) is 12.4. The summed E-state index contributed by atoms with van der Waals surface area (Å²) in [5, 5.41) is 4.74. The summed E-state index contributed by atoms with van der Waals surface area (Å²) in [7, 11) is 0. The predicted molar refractivity (Wildman–Crippen MR) is 83.6 cm³/mol. The fraction of sp³-hybridized carbons (Fsp3) is 0.0588. The van der Waals surface area contributed by atoms with Crippen LogP contribution >= 0.6 is 0 Å². The summed E-state index contributed by atoms with van der Waals surface area (Å²) >= 11 is 0. The molecule has 0 aliphatic rings. The van der Waals surface area contributed by atoms with Gasteiger partial charge in [-0.05, 0) is 36.4 Å². The van der Waals surface area contributed by atoms with Gasteiger partial charge in [0.15, 0.2) is 5.82 Å². The lowest BCUT2D eigenvalue weighted by atomic mass is 10.1. The van der Waals surface area contributed by atoms with Crippen molar-refractivity contribution in [3.05, 3.63) is 66.5 Å². The van der Waals surface area contributed by atoms with E-state index in [0.717, 1.165) is 10.9 Å². The van der Waals surface area contributed by atoms with Gasteiger partial charge in [-0.15, -0.1) is 0 Å². The van der Waals surface area contributed by atoms with Crippen LogP contribution in [-0.2, 0) is 6.61 Å². The van der Waals surface area contributed by atoms with Gasteiger partial charge in [0.05, 0.1) is 5.39 Å². The summed E-state index contributed by atoms with van der Waals surface area (Å²) < 4.78 is 23.9. The largest absolute Gasteiger partial charge is 0.469 e. The fourth-order valence-electron chi connectivity index (χ4n) is 2.25. The lowest BCUT2D eigenvalue weighted by Gasteiger charge is -2.03. The van der Waals surface area contributed by atoms with Crippen molar-refractivity contribution in [1.82, 2.24) is 20.1 Å². The average molecular weight is 322 g/mol. The highest BCUT2D eigenvalue weighted by Crippen LogP contribution is 2.28. The average Bonchev–Trinajstić information content (AvgIpc) is 3.05. The van der Waals surface area contributed by atoms with E-state index in [-0.39, 0.29) is 12.4 Å². The molecule has 0 N–H and O–H groups in total. The molecule has 0 saturated heterocycles. The highest BCUT2D eigenvalue weighted by atomic mass is 19.1. The number of hydrogen-bond acceptors (Lipinski definition) is 6. The molecule has 0 fully saturated rings. The van der Waals surface area contributed by atoms with Crippen LogP contribution in [0.15, 0.2) is 59.4 Å². The molecule has 0 saturated carbocycles. The van der Waals surface area contributed by atoms with Gasteiger partial charge in [0.2, 0.25) is 5.88 Å². The molecule has 1 aromatic carbocycles. The van der Waals surface area contributed by atoms with Gasteiger partial charge in [0, 0.05) is 24.0 Å². The summed E-state index contributed by atoms with van der Waals surface area (Å²) in [6, 6.07) is 11.3. The first-order valence-corrected chi connectivity index (χ1v) is 7.21. The lowest BCUT2D eigenvalue weighted by Crippen LogP contribution is -2.01. The number of nitrogens with zero attached hydrogens (tertiary/aromatic N) is 4. The SMILES string of the molecule is Fc1ccc(-c2noc3nc(OCc4ncccn4)ccc23)cc1. The summed E-state index contributed by atoms with van der Waals surface area (Å²) in [6.07, 6.45) is 3.29. The van der Waals surface area contributed by atoms with E-state index in [4.69, 9.17) is 9.26 Å². The molecular formula is C17H11FN4O2. The molecule has 0 amide bonds. The van der Waals surface area contributed by atoms with Gasteiger partial charge >= 0.3 is 0 Å². The second-order valence-electron chi connectivity index (χ2n) is 4.99. The molecule has 3 heterocycles. The number of aromatic nitrogens is 4. The van der Waals surface area contributed by atoms with E-state index in [0.29, 0.717) is 23.1 Å². The molecule has 4 rings (SSSR count). The van der Waals surface area contributed by atoms with E-state index >= 15 is 0 Å². The molecule has 0 bridgehead atoms. The predicted octanol–water partition coefficient (Wildman–Crippen LogP) is 3.40. The van der Waals surface area contributed by atoms with Crippen LogP contribution in [0.4, 0.5) is 4.39 Å². The molecule has 0 unspecified atom stereocenters. The first kappa shape index (κ1) is 14.3. The Labute approximate surface area is 135 Å². The number of hydrogen-bond donors (Lipinski definition) is 0. The van der Waals surface area contributed by atoms with E-state index in [1.54, 1.807) is 42.7 Å². The third-order valence-electron chi connectivity index (χ3n) is 3.40. The van der Waals surface area contributed by atoms with Gasteiger partial charge in [-0.2, -0.15) is 4.98 Å². The van der Waals surface area contributed by atoms with Gasteiger partial charge in [-0.1, -0.05) is 5.16 Å². The molecule has 0 aliphatic carbocycles. The molecule has 6 nitrogen and oxygen atoms in total. The molecule has 0 radical (unpaired) electrons. The van der Waals surface area contributed by atoms with Crippen LogP contribution in [0.3, 0.4) is 0 Å². The minimum atomic E-state index is -0.302. The van der Waals surface area contributed by atoms with Crippen molar-refractivity contribution >= 4 is 11.1 Å². The summed E-state index contributed by atoms with van der Waals surface area (Å²) in [5.41, 5.74) is 1.71. The zero-order valence-electron chi connectivity index (χ0n) is 12.4. The van der Waals surface area contributed by atoms with Crippen molar-refractivity contribution in [1.29, 1.82) is 0 Å². The number of pyridine rings is 1. The Hall–Kier alpha value is -3.35. The normalized spacial score (nSPS) is 10.9. The van der Waals surface area contributed by atoms with E-state index in [9.17, 15) is 4.39 Å². The topological polar surface area (TPSA) is 73.9 Å². The zero-order valence-corrected chi connectivity index (χ0v) is 12.4. The minimum absolute atomic E-state index is 0.207. The van der Waals surface area contributed by atoms with Crippen LogP contribution in [0.5, 0.6) is 5.88 Å². The van der Waals surface area contributed by atoms with E-state index in [1.807, 2.05) is 0 Å². The Balaban J connectivity index is 1.59. The number of rotatable bonds is 4. The van der Waals surface area contributed by atoms with Crippen molar-refractivity contribution in [2.24, 2.45) is 0 Å². The van der Waals surface area contributed by atoms with Crippen LogP contribution in [0.2, 0.25) is 0 Å². The van der Waals surface area contributed by atoms with Crippen LogP contribution in [0.25, 0.3) is 22.4 Å². The quantitative estimate of drug-likeness (QED) is 0.573. The first-order chi connectivity index (χ1) is 11.8. The molecule has 0 atom stereocenters. The first-order valence-electron chi connectivity index (χ1n) is 7.21. The lowest BCUT2D eigenvalue weighted by molar-refractivity contribution is 0.283. The molecule has 3 aromatic heterocycles. The Morgan fingerprint density at radius 2 is 1.79 bits per heavy atom. The molecule has 0 spiro atoms. The Morgan fingerprint density at radius 3 is 2.58 bits per heavy atom. The van der Waals surface area contributed by atoms with Gasteiger partial charge in [0.1, 0.15) is 18.1 Å². The number of ether oxygens (including phenoxy) is 1. The fourth-order valence-corrected chi connectivity index (χ4v) is 2.25. The van der Waals surface area contributed by atoms with Gasteiger partial charge in [0.25, 0.3) is 5.71 Å². The van der Waals surface area contributed by atoms with E-state index < -0.39 is 0 Å². The van der Waals surface area contributed by atoms with Crippen molar-refractivity contribution in [3.63, 3.8) is 0 Å². The van der Waals surface area contributed by atoms with Crippen molar-refractivity contribution in [2.75, 3.05) is 0 Å². The van der Waals surface area contributed by atoms with Gasteiger partial charge in [-0.3, -0.25) is 0 Å². The smallest absolute Gasteiger partial charge is 0.261 e. The number of halogens is 1. The Bertz CT molecular complexity index is 971. The van der Waals surface area contributed by atoms with Crippen molar-refractivity contribution < 1.29 is 13.7 Å². The second-order valence-corrected chi connectivity index (χ2v) is 4.99. The summed E-state index contributed by atoms with van der Waals surface area (Å²) in [5.74, 6) is 0.643. The zero-order chi connectivity index (χ0) is 16.4. The molecule has 24 heavy (non-hydrogen) atoms. The number of benzene rings is 1. The van der Waals surface area contributed by atoms with E-state index in [1.165, 1.54) is 12.1 Å². The third kappa shape index (κ3) is 2.79. The Morgan fingerprint density at radius 1 is 1.00 bits per heavy atom. The monoisotopic (exact) mass is 322 g/mol. The van der Waals surface area contributed by atoms with Crippen LogP contribution in [0.1, 0.15) is 5.82 Å². The van der Waals surface area contributed by atoms with Crippen LogP contribution < -0.4 is 4.74 Å². The van der Waals surface area contributed by atoms with Gasteiger partial charge in [-0.25, -0.2) is 14.4 Å². The maximum absolute atomic E-state index is 13.0. The molecule has 7 heteroatoms. The third-order valence-corrected chi connectivity index (χ3v) is 3.40. The van der Waals surface area contributed by atoms with Crippen LogP contribution in [0, 0.1) is 5.82 Å². The van der Waals surface area contributed by atoms with E-state index in [2.05, 4.69) is 20.1 Å². The summed E-state index contributed by atoms with van der Waals surface area (Å²) in [6.45, 7) is 0.207. The standard InChI is InChI=1S/C17H11FN4O2/c18-12-4-2-11(3-5-12)16-13-6-7-15(21-17(13)24-22-16)23-10-14-19-8-1-9-20-14/h1-9H,10H2. The van der Waals surface area contributed by atoms with Crippen LogP contribution in [-0.4, -0.2) is 20.1 Å². The van der Waals surface area contributed by atoms with Gasteiger partial charge < -0.3 is 9.26 Å². The molecule has 0 aliphatic heterocycles. The molecule has 118 valence electrons.